The van der Waals surface area contributed by atoms with E-state index in [9.17, 15) is 17.6 Å². The Morgan fingerprint density at radius 2 is 1.53 bits per heavy atom. The Morgan fingerprint density at radius 3 is 1.88 bits per heavy atom. The van der Waals surface area contributed by atoms with Crippen molar-refractivity contribution in [3.05, 3.63) is 23.3 Å². The van der Waals surface area contributed by atoms with E-state index >= 15 is 0 Å². The first kappa shape index (κ1) is 12.5. The minimum atomic E-state index is -1.36. The van der Waals surface area contributed by atoms with Crippen LogP contribution in [0.3, 0.4) is 0 Å². The van der Waals surface area contributed by atoms with E-state index in [-0.39, 0.29) is 19.1 Å². The van der Waals surface area contributed by atoms with E-state index in [0.717, 1.165) is 0 Å². The Hall–Kier alpha value is -0.950. The van der Waals surface area contributed by atoms with E-state index in [2.05, 4.69) is 0 Å². The van der Waals surface area contributed by atoms with Crippen LogP contribution in [-0.4, -0.2) is 25.4 Å². The van der Waals surface area contributed by atoms with E-state index in [0.29, 0.717) is 11.8 Å². The third-order valence-corrected chi connectivity index (χ3v) is 3.40. The van der Waals surface area contributed by atoms with Crippen molar-refractivity contribution < 1.29 is 17.6 Å². The molecule has 1 aliphatic rings. The second kappa shape index (κ2) is 4.38. The molecule has 2 rings (SSSR count). The number of benzene rings is 1. The molecule has 0 radical (unpaired) electrons. The van der Waals surface area contributed by atoms with Crippen LogP contribution in [0.4, 0.5) is 23.2 Å². The molecule has 1 heterocycles. The maximum atomic E-state index is 13.6. The van der Waals surface area contributed by atoms with Crippen LogP contribution in [0.1, 0.15) is 0 Å². The minimum absolute atomic E-state index is 0.186. The molecule has 17 heavy (non-hydrogen) atoms. The summed E-state index contributed by atoms with van der Waals surface area (Å²) in [4.78, 5) is 0.541. The molecule has 0 bridgehead atoms. The van der Waals surface area contributed by atoms with Crippen molar-refractivity contribution in [3.63, 3.8) is 0 Å². The SMILES string of the molecule is CSc1c(F)c(F)c(N2CC(N)C2)c(F)c1F. The van der Waals surface area contributed by atoms with Gasteiger partial charge in [-0.15, -0.1) is 11.8 Å². The topological polar surface area (TPSA) is 29.3 Å². The van der Waals surface area contributed by atoms with E-state index in [1.807, 2.05) is 0 Å². The van der Waals surface area contributed by atoms with Gasteiger partial charge in [0.05, 0.1) is 4.90 Å². The molecule has 0 saturated carbocycles. The van der Waals surface area contributed by atoms with Crippen molar-refractivity contribution in [1.82, 2.24) is 0 Å². The summed E-state index contributed by atoms with van der Waals surface area (Å²) in [5.74, 6) is -5.43. The number of rotatable bonds is 2. The van der Waals surface area contributed by atoms with Gasteiger partial charge in [0.15, 0.2) is 23.3 Å². The molecule has 7 heteroatoms. The maximum absolute atomic E-state index is 13.6. The molecule has 2 nitrogen and oxygen atoms in total. The van der Waals surface area contributed by atoms with Gasteiger partial charge in [-0.2, -0.15) is 0 Å². The van der Waals surface area contributed by atoms with E-state index < -0.39 is 33.9 Å². The van der Waals surface area contributed by atoms with Gasteiger partial charge in [-0.05, 0) is 6.26 Å². The van der Waals surface area contributed by atoms with Crippen molar-refractivity contribution in [2.75, 3.05) is 24.2 Å². The lowest BCUT2D eigenvalue weighted by atomic mass is 10.1. The summed E-state index contributed by atoms with van der Waals surface area (Å²) in [6, 6.07) is -0.222. The Bertz CT molecular complexity index is 431. The molecule has 0 amide bonds. The fourth-order valence-electron chi connectivity index (χ4n) is 1.75. The van der Waals surface area contributed by atoms with Gasteiger partial charge in [0, 0.05) is 19.1 Å². The van der Waals surface area contributed by atoms with Crippen LogP contribution in [-0.2, 0) is 0 Å². The van der Waals surface area contributed by atoms with Crippen LogP contribution in [0.5, 0.6) is 0 Å². The number of anilines is 1. The van der Waals surface area contributed by atoms with Crippen molar-refractivity contribution >= 4 is 17.4 Å². The Kier molecular flexibility index (Phi) is 3.22. The van der Waals surface area contributed by atoms with Crippen LogP contribution in [0.2, 0.25) is 0 Å². The second-order valence-corrected chi connectivity index (χ2v) is 4.62. The highest BCUT2D eigenvalue weighted by molar-refractivity contribution is 7.98. The first-order valence-electron chi connectivity index (χ1n) is 4.87. The Balaban J connectivity index is 2.53. The molecule has 1 aromatic rings. The lowest BCUT2D eigenvalue weighted by molar-refractivity contribution is 0.411. The highest BCUT2D eigenvalue weighted by Gasteiger charge is 2.33. The minimum Gasteiger partial charge on any atom is -0.363 e. The van der Waals surface area contributed by atoms with Crippen molar-refractivity contribution in [2.24, 2.45) is 5.73 Å². The average Bonchev–Trinajstić information content (AvgIpc) is 2.25. The largest absolute Gasteiger partial charge is 0.363 e. The Morgan fingerprint density at radius 1 is 1.06 bits per heavy atom. The molecular weight excluding hydrogens is 256 g/mol. The molecule has 1 aromatic carbocycles. The lowest BCUT2D eigenvalue weighted by Gasteiger charge is -2.39. The Labute approximate surface area is 99.8 Å². The highest BCUT2D eigenvalue weighted by Crippen LogP contribution is 2.36. The molecular formula is C10H10F4N2S. The van der Waals surface area contributed by atoms with Gasteiger partial charge in [-0.1, -0.05) is 0 Å². The zero-order valence-electron chi connectivity index (χ0n) is 8.94. The van der Waals surface area contributed by atoms with E-state index in [1.165, 1.54) is 11.2 Å². The third kappa shape index (κ3) is 1.87. The highest BCUT2D eigenvalue weighted by atomic mass is 32.2. The second-order valence-electron chi connectivity index (χ2n) is 3.80. The van der Waals surface area contributed by atoms with Crippen LogP contribution >= 0.6 is 11.8 Å². The molecule has 0 unspecified atom stereocenters. The molecule has 94 valence electrons. The van der Waals surface area contributed by atoms with Gasteiger partial charge < -0.3 is 10.6 Å². The molecule has 1 aliphatic heterocycles. The standard InChI is InChI=1S/C10H10F4N2S/c1-17-10-7(13)5(11)9(6(12)8(10)14)16-2-4(15)3-16/h4H,2-3,15H2,1H3. The smallest absolute Gasteiger partial charge is 0.186 e. The lowest BCUT2D eigenvalue weighted by Crippen LogP contribution is -2.56. The summed E-state index contributed by atoms with van der Waals surface area (Å²) in [5, 5.41) is 0. The number of nitrogens with two attached hydrogens (primary N) is 1. The monoisotopic (exact) mass is 266 g/mol. The summed E-state index contributed by atoms with van der Waals surface area (Å²) in [6.45, 7) is 0.372. The van der Waals surface area contributed by atoms with Gasteiger partial charge in [0.2, 0.25) is 0 Å². The number of hydrogen-bond acceptors (Lipinski definition) is 3. The fourth-order valence-corrected chi connectivity index (χ4v) is 2.29. The number of hydrogen-bond donors (Lipinski definition) is 1. The van der Waals surface area contributed by atoms with Gasteiger partial charge in [0.25, 0.3) is 0 Å². The van der Waals surface area contributed by atoms with Crippen LogP contribution in [0, 0.1) is 23.3 Å². The van der Waals surface area contributed by atoms with E-state index in [1.54, 1.807) is 0 Å². The number of halogens is 4. The van der Waals surface area contributed by atoms with Crippen molar-refractivity contribution in [2.45, 2.75) is 10.9 Å². The molecule has 0 aromatic heterocycles. The molecule has 0 aliphatic carbocycles. The van der Waals surface area contributed by atoms with Crippen LogP contribution < -0.4 is 10.6 Å². The predicted molar refractivity (Wildman–Crippen MR) is 58.2 cm³/mol. The zero-order valence-corrected chi connectivity index (χ0v) is 9.75. The van der Waals surface area contributed by atoms with Crippen LogP contribution in [0.15, 0.2) is 4.90 Å². The first-order valence-corrected chi connectivity index (χ1v) is 6.10. The average molecular weight is 266 g/mol. The first-order chi connectivity index (χ1) is 7.97. The normalized spacial score (nSPS) is 16.2. The molecule has 1 saturated heterocycles. The third-order valence-electron chi connectivity index (χ3n) is 2.63. The summed E-state index contributed by atoms with van der Waals surface area (Å²) in [6.07, 6.45) is 1.35. The van der Waals surface area contributed by atoms with E-state index in [4.69, 9.17) is 5.73 Å². The zero-order chi connectivity index (χ0) is 12.7. The molecule has 1 fully saturated rings. The quantitative estimate of drug-likeness (QED) is 0.505. The van der Waals surface area contributed by atoms with Gasteiger partial charge in [-0.25, -0.2) is 17.6 Å². The maximum Gasteiger partial charge on any atom is 0.186 e. The van der Waals surface area contributed by atoms with Crippen molar-refractivity contribution in [1.29, 1.82) is 0 Å². The van der Waals surface area contributed by atoms with Crippen molar-refractivity contribution in [3.8, 4) is 0 Å². The van der Waals surface area contributed by atoms with Crippen LogP contribution in [0.25, 0.3) is 0 Å². The van der Waals surface area contributed by atoms with Gasteiger partial charge >= 0.3 is 0 Å². The number of thioether (sulfide) groups is 1. The van der Waals surface area contributed by atoms with Gasteiger partial charge in [0.1, 0.15) is 5.69 Å². The predicted octanol–water partition coefficient (Wildman–Crippen LogP) is 2.11. The number of nitrogens with zero attached hydrogens (tertiary/aromatic N) is 1. The summed E-state index contributed by atoms with van der Waals surface area (Å²) in [5.41, 5.74) is 4.79. The summed E-state index contributed by atoms with van der Waals surface area (Å²) < 4.78 is 54.1. The summed E-state index contributed by atoms with van der Waals surface area (Å²) in [7, 11) is 0. The molecule has 2 N–H and O–H groups in total. The van der Waals surface area contributed by atoms with Gasteiger partial charge in [-0.3, -0.25) is 0 Å². The molecule has 0 atom stereocenters. The fraction of sp³-hybridized carbons (Fsp3) is 0.400. The summed E-state index contributed by atoms with van der Waals surface area (Å²) >= 11 is 0.624. The molecule has 0 spiro atoms.